The van der Waals surface area contributed by atoms with Crippen molar-refractivity contribution in [3.8, 4) is 0 Å². The van der Waals surface area contributed by atoms with Gasteiger partial charge in [0.15, 0.2) is 5.76 Å². The van der Waals surface area contributed by atoms with Crippen LogP contribution in [0.2, 0.25) is 0 Å². The molecule has 0 fully saturated rings. The Hall–Kier alpha value is -2.37. The van der Waals surface area contributed by atoms with Crippen molar-refractivity contribution in [3.05, 3.63) is 42.0 Å². The van der Waals surface area contributed by atoms with Gasteiger partial charge in [-0.15, -0.1) is 0 Å². The van der Waals surface area contributed by atoms with Crippen LogP contribution >= 0.6 is 0 Å². The Labute approximate surface area is 123 Å². The first-order chi connectivity index (χ1) is 10.2. The van der Waals surface area contributed by atoms with Crippen LogP contribution in [0.4, 0.5) is 10.5 Å². The number of nitrogens with zero attached hydrogens (tertiary/aromatic N) is 2. The zero-order valence-electron chi connectivity index (χ0n) is 12.3. The van der Waals surface area contributed by atoms with Crippen LogP contribution in [0.3, 0.4) is 0 Å². The van der Waals surface area contributed by atoms with E-state index in [0.717, 1.165) is 18.5 Å². The lowest BCUT2D eigenvalue weighted by Crippen LogP contribution is -2.28. The van der Waals surface area contributed by atoms with E-state index >= 15 is 0 Å². The second-order valence-corrected chi connectivity index (χ2v) is 4.78. The SMILES string of the molecule is CCC(CC)c1cc(CNC(=O)Nc2cccnc2)on1. The number of nitrogens with one attached hydrogen (secondary N) is 2. The van der Waals surface area contributed by atoms with E-state index in [0.29, 0.717) is 23.9 Å². The minimum Gasteiger partial charge on any atom is -0.359 e. The number of hydrogen-bond acceptors (Lipinski definition) is 4. The first-order valence-electron chi connectivity index (χ1n) is 7.13. The molecule has 2 heterocycles. The zero-order chi connectivity index (χ0) is 15.1. The second kappa shape index (κ2) is 7.42. The van der Waals surface area contributed by atoms with E-state index in [1.807, 2.05) is 6.07 Å². The molecular formula is C15H20N4O2. The van der Waals surface area contributed by atoms with Crippen LogP contribution in [0, 0.1) is 0 Å². The van der Waals surface area contributed by atoms with Crippen molar-refractivity contribution in [2.24, 2.45) is 0 Å². The fourth-order valence-corrected chi connectivity index (χ4v) is 2.09. The maximum absolute atomic E-state index is 11.7. The number of hydrogen-bond donors (Lipinski definition) is 2. The van der Waals surface area contributed by atoms with Gasteiger partial charge >= 0.3 is 6.03 Å². The molecule has 0 aliphatic rings. The van der Waals surface area contributed by atoms with E-state index in [-0.39, 0.29) is 6.03 Å². The third-order valence-corrected chi connectivity index (χ3v) is 3.32. The van der Waals surface area contributed by atoms with Gasteiger partial charge in [0.1, 0.15) is 0 Å². The number of anilines is 1. The fraction of sp³-hybridized carbons (Fsp3) is 0.400. The second-order valence-electron chi connectivity index (χ2n) is 4.78. The summed E-state index contributed by atoms with van der Waals surface area (Å²) >= 11 is 0. The van der Waals surface area contributed by atoms with Crippen molar-refractivity contribution in [1.29, 1.82) is 0 Å². The van der Waals surface area contributed by atoms with Gasteiger partial charge in [-0.3, -0.25) is 4.98 Å². The van der Waals surface area contributed by atoms with Crippen molar-refractivity contribution >= 4 is 11.7 Å². The lowest BCUT2D eigenvalue weighted by molar-refractivity contribution is 0.250. The molecule has 6 heteroatoms. The molecule has 0 radical (unpaired) electrons. The Kier molecular flexibility index (Phi) is 5.31. The van der Waals surface area contributed by atoms with E-state index in [1.54, 1.807) is 24.5 Å². The van der Waals surface area contributed by atoms with Crippen LogP contribution in [0.15, 0.2) is 35.1 Å². The number of aromatic nitrogens is 2. The lowest BCUT2D eigenvalue weighted by atomic mass is 9.99. The van der Waals surface area contributed by atoms with E-state index in [4.69, 9.17) is 4.52 Å². The average Bonchev–Trinajstić information content (AvgIpc) is 2.96. The molecule has 2 aromatic rings. The van der Waals surface area contributed by atoms with Crippen molar-refractivity contribution in [1.82, 2.24) is 15.5 Å². The Morgan fingerprint density at radius 1 is 1.38 bits per heavy atom. The van der Waals surface area contributed by atoms with E-state index in [1.165, 1.54) is 0 Å². The smallest absolute Gasteiger partial charge is 0.319 e. The summed E-state index contributed by atoms with van der Waals surface area (Å²) < 4.78 is 5.25. The molecule has 2 N–H and O–H groups in total. The molecule has 0 unspecified atom stereocenters. The Morgan fingerprint density at radius 2 is 2.19 bits per heavy atom. The van der Waals surface area contributed by atoms with Crippen LogP contribution in [-0.4, -0.2) is 16.2 Å². The first-order valence-corrected chi connectivity index (χ1v) is 7.13. The number of carbonyl (C=O) groups excluding carboxylic acids is 1. The van der Waals surface area contributed by atoms with E-state index < -0.39 is 0 Å². The van der Waals surface area contributed by atoms with Gasteiger partial charge in [0.05, 0.1) is 24.1 Å². The number of urea groups is 1. The molecule has 0 saturated heterocycles. The number of pyridine rings is 1. The minimum absolute atomic E-state index is 0.302. The van der Waals surface area contributed by atoms with Gasteiger partial charge < -0.3 is 15.2 Å². The molecule has 0 bridgehead atoms. The van der Waals surface area contributed by atoms with Gasteiger partial charge in [-0.25, -0.2) is 4.79 Å². The molecule has 0 atom stereocenters. The van der Waals surface area contributed by atoms with Crippen LogP contribution in [0.5, 0.6) is 0 Å². The summed E-state index contributed by atoms with van der Waals surface area (Å²) in [5.74, 6) is 1.06. The molecule has 2 amide bonds. The highest BCUT2D eigenvalue weighted by Crippen LogP contribution is 2.22. The van der Waals surface area contributed by atoms with Crippen LogP contribution in [-0.2, 0) is 6.54 Å². The Morgan fingerprint density at radius 3 is 2.86 bits per heavy atom. The first kappa shape index (κ1) is 15.0. The standard InChI is InChI=1S/C15H20N4O2/c1-3-11(4-2)14-8-13(21-19-14)10-17-15(20)18-12-6-5-7-16-9-12/h5-9,11H,3-4,10H2,1-2H3,(H2,17,18,20). The van der Waals surface area contributed by atoms with Gasteiger partial charge in [0.2, 0.25) is 0 Å². The summed E-state index contributed by atoms with van der Waals surface area (Å²) in [4.78, 5) is 15.7. The molecule has 0 aromatic carbocycles. The third kappa shape index (κ3) is 4.30. The summed E-state index contributed by atoms with van der Waals surface area (Å²) in [5, 5.41) is 9.48. The molecule has 0 saturated carbocycles. The molecule has 2 rings (SSSR count). The van der Waals surface area contributed by atoms with Crippen molar-refractivity contribution < 1.29 is 9.32 Å². The van der Waals surface area contributed by atoms with Crippen molar-refractivity contribution in [2.75, 3.05) is 5.32 Å². The predicted molar refractivity (Wildman–Crippen MR) is 79.9 cm³/mol. The predicted octanol–water partition coefficient (Wildman–Crippen LogP) is 3.29. The fourth-order valence-electron chi connectivity index (χ4n) is 2.09. The average molecular weight is 288 g/mol. The molecule has 112 valence electrons. The molecule has 6 nitrogen and oxygen atoms in total. The van der Waals surface area contributed by atoms with E-state index in [2.05, 4.69) is 34.6 Å². The highest BCUT2D eigenvalue weighted by molar-refractivity contribution is 5.88. The van der Waals surface area contributed by atoms with Crippen LogP contribution < -0.4 is 10.6 Å². The molecule has 2 aromatic heterocycles. The number of carbonyl (C=O) groups is 1. The largest absolute Gasteiger partial charge is 0.359 e. The van der Waals surface area contributed by atoms with Crippen molar-refractivity contribution in [2.45, 2.75) is 39.2 Å². The van der Waals surface area contributed by atoms with Gasteiger partial charge in [-0.1, -0.05) is 19.0 Å². The van der Waals surface area contributed by atoms with Gasteiger partial charge in [0, 0.05) is 18.2 Å². The monoisotopic (exact) mass is 288 g/mol. The summed E-state index contributed by atoms with van der Waals surface area (Å²) in [7, 11) is 0. The summed E-state index contributed by atoms with van der Waals surface area (Å²) in [6.07, 6.45) is 5.28. The van der Waals surface area contributed by atoms with Gasteiger partial charge in [-0.2, -0.15) is 0 Å². The molecular weight excluding hydrogens is 268 g/mol. The highest BCUT2D eigenvalue weighted by atomic mass is 16.5. The molecule has 21 heavy (non-hydrogen) atoms. The van der Waals surface area contributed by atoms with Gasteiger partial charge in [-0.05, 0) is 25.0 Å². The summed E-state index contributed by atoms with van der Waals surface area (Å²) in [6.45, 7) is 4.56. The summed E-state index contributed by atoms with van der Waals surface area (Å²) in [6, 6.07) is 5.13. The lowest BCUT2D eigenvalue weighted by Gasteiger charge is -2.06. The Bertz CT molecular complexity index is 564. The third-order valence-electron chi connectivity index (χ3n) is 3.32. The minimum atomic E-state index is -0.302. The summed E-state index contributed by atoms with van der Waals surface area (Å²) in [5.41, 5.74) is 1.59. The van der Waals surface area contributed by atoms with Gasteiger partial charge in [0.25, 0.3) is 0 Å². The maximum Gasteiger partial charge on any atom is 0.319 e. The Balaban J connectivity index is 1.84. The maximum atomic E-state index is 11.7. The molecule has 0 aliphatic heterocycles. The number of rotatable bonds is 6. The molecule has 0 aliphatic carbocycles. The topological polar surface area (TPSA) is 80.0 Å². The zero-order valence-corrected chi connectivity index (χ0v) is 12.3. The highest BCUT2D eigenvalue weighted by Gasteiger charge is 2.13. The number of amides is 2. The van der Waals surface area contributed by atoms with Crippen LogP contribution in [0.1, 0.15) is 44.1 Å². The van der Waals surface area contributed by atoms with Crippen molar-refractivity contribution in [3.63, 3.8) is 0 Å². The van der Waals surface area contributed by atoms with E-state index in [9.17, 15) is 4.79 Å². The van der Waals surface area contributed by atoms with Crippen LogP contribution in [0.25, 0.3) is 0 Å². The molecule has 0 spiro atoms. The quantitative estimate of drug-likeness (QED) is 0.854. The normalized spacial score (nSPS) is 10.6.